The fourth-order valence-corrected chi connectivity index (χ4v) is 4.51. The van der Waals surface area contributed by atoms with E-state index < -0.39 is 58.2 Å². The molecule has 3 rings (SSSR count). The van der Waals surface area contributed by atoms with Crippen LogP contribution in [0.1, 0.15) is 47.2 Å². The largest absolute Gasteiger partial charge is 0.496 e. The molecular weight excluding hydrogens is 506 g/mol. The zero-order chi connectivity index (χ0) is 27.3. The molecule has 2 N–H and O–H groups in total. The third-order valence-electron chi connectivity index (χ3n) is 6.31. The molecule has 0 spiro atoms. The van der Waals surface area contributed by atoms with Gasteiger partial charge in [-0.15, -0.1) is 0 Å². The van der Waals surface area contributed by atoms with E-state index in [-0.39, 0.29) is 19.4 Å². The molecule has 2 atom stereocenters. The van der Waals surface area contributed by atoms with E-state index in [1.165, 1.54) is 13.2 Å². The summed E-state index contributed by atoms with van der Waals surface area (Å²) >= 11 is 6.10. The van der Waals surface area contributed by atoms with Crippen molar-refractivity contribution >= 4 is 41.0 Å². The molecule has 2 aromatic carbocycles. The number of nitrogens with one attached hydrogen (secondary N) is 1. The number of hydrogen-bond acceptors (Lipinski definition) is 7. The van der Waals surface area contributed by atoms with Crippen LogP contribution in [-0.2, 0) is 20.8 Å². The zero-order valence-corrected chi connectivity index (χ0v) is 21.0. The van der Waals surface area contributed by atoms with Crippen LogP contribution >= 0.6 is 11.6 Å². The van der Waals surface area contributed by atoms with Gasteiger partial charge in [-0.3, -0.25) is 29.4 Å². The molecule has 12 heteroatoms. The fraction of sp³-hybridized carbons (Fsp3) is 0.360. The number of carboxylic acid groups (broad SMARTS) is 1. The van der Waals surface area contributed by atoms with Gasteiger partial charge in [0, 0.05) is 24.1 Å². The van der Waals surface area contributed by atoms with Crippen LogP contribution in [0.25, 0.3) is 0 Å². The van der Waals surface area contributed by atoms with E-state index in [9.17, 15) is 34.4 Å². The SMILES string of the molecule is CC[C@@H](CC(=O)N1CC(=O)NC[C@H](Cc2cc(Cl)ccc2OC)C1=O)c1ccc(C(=O)O)c([N+](=O)[O-])c1. The maximum atomic E-state index is 13.4. The summed E-state index contributed by atoms with van der Waals surface area (Å²) < 4.78 is 5.35. The number of benzene rings is 2. The Hall–Kier alpha value is -3.99. The highest BCUT2D eigenvalue weighted by Gasteiger charge is 2.35. The quantitative estimate of drug-likeness (QED) is 0.369. The predicted molar refractivity (Wildman–Crippen MR) is 133 cm³/mol. The Balaban J connectivity index is 1.85. The lowest BCUT2D eigenvalue weighted by atomic mass is 9.91. The topological polar surface area (TPSA) is 156 Å². The average molecular weight is 532 g/mol. The van der Waals surface area contributed by atoms with Gasteiger partial charge in [0.1, 0.15) is 17.9 Å². The van der Waals surface area contributed by atoms with Gasteiger partial charge in [-0.05, 0) is 54.2 Å². The number of carbonyl (C=O) groups excluding carboxylic acids is 3. The predicted octanol–water partition coefficient (Wildman–Crippen LogP) is 3.18. The number of ether oxygens (including phenoxy) is 1. The van der Waals surface area contributed by atoms with Crippen LogP contribution in [0.2, 0.25) is 5.02 Å². The Bertz CT molecular complexity index is 1250. The Labute approximate surface area is 217 Å². The highest BCUT2D eigenvalue weighted by molar-refractivity contribution is 6.30. The fourth-order valence-electron chi connectivity index (χ4n) is 4.32. The standard InChI is InChI=1S/C25H26ClN3O8/c1-3-14(15-4-6-19(25(33)34)20(10-15)29(35)36)11-23(31)28-13-22(30)27-12-17(24(28)32)8-16-9-18(26)5-7-21(16)37-2/h4-7,9-10,14,17H,3,8,11-13H2,1-2H3,(H,27,30)(H,33,34)/t14-,17-/m0/s1. The Morgan fingerprint density at radius 1 is 1.27 bits per heavy atom. The van der Waals surface area contributed by atoms with Crippen LogP contribution in [0, 0.1) is 16.0 Å². The molecule has 2 aromatic rings. The third kappa shape index (κ3) is 6.42. The summed E-state index contributed by atoms with van der Waals surface area (Å²) in [7, 11) is 1.48. The van der Waals surface area contributed by atoms with Crippen LogP contribution < -0.4 is 10.1 Å². The number of hydrogen-bond donors (Lipinski definition) is 2. The maximum absolute atomic E-state index is 13.4. The van der Waals surface area contributed by atoms with Crippen molar-refractivity contribution in [1.29, 1.82) is 0 Å². The number of carboxylic acids is 1. The summed E-state index contributed by atoms with van der Waals surface area (Å²) in [6.45, 7) is 1.34. The average Bonchev–Trinajstić information content (AvgIpc) is 3.00. The lowest BCUT2D eigenvalue weighted by molar-refractivity contribution is -0.385. The second-order valence-electron chi connectivity index (χ2n) is 8.63. The summed E-state index contributed by atoms with van der Waals surface area (Å²) in [6.07, 6.45) is 0.353. The molecule has 0 radical (unpaired) electrons. The highest BCUT2D eigenvalue weighted by Crippen LogP contribution is 2.31. The Kier molecular flexibility index (Phi) is 8.82. The van der Waals surface area contributed by atoms with Crippen molar-refractivity contribution in [2.45, 2.75) is 32.1 Å². The monoisotopic (exact) mass is 531 g/mol. The molecular formula is C25H26ClN3O8. The van der Waals surface area contributed by atoms with E-state index in [4.69, 9.17) is 16.3 Å². The van der Waals surface area contributed by atoms with Crippen LogP contribution in [0.5, 0.6) is 5.75 Å². The number of nitrogens with zero attached hydrogens (tertiary/aromatic N) is 2. The molecule has 1 fully saturated rings. The molecule has 1 aliphatic heterocycles. The number of rotatable bonds is 9. The van der Waals surface area contributed by atoms with Crippen LogP contribution in [0.15, 0.2) is 36.4 Å². The van der Waals surface area contributed by atoms with Crippen molar-refractivity contribution < 1.29 is 33.9 Å². The molecule has 0 bridgehead atoms. The molecule has 11 nitrogen and oxygen atoms in total. The summed E-state index contributed by atoms with van der Waals surface area (Å²) in [5.74, 6) is -3.85. The molecule has 0 unspecified atom stereocenters. The summed E-state index contributed by atoms with van der Waals surface area (Å²) in [6, 6.07) is 8.66. The molecule has 0 aromatic heterocycles. The number of carbonyl (C=O) groups is 4. The number of imide groups is 1. The van der Waals surface area contributed by atoms with E-state index in [0.29, 0.717) is 28.3 Å². The van der Waals surface area contributed by atoms with Crippen molar-refractivity contribution in [3.63, 3.8) is 0 Å². The molecule has 1 heterocycles. The minimum absolute atomic E-state index is 0.0250. The summed E-state index contributed by atoms with van der Waals surface area (Å²) in [5.41, 5.74) is -0.0149. The minimum atomic E-state index is -1.44. The first kappa shape index (κ1) is 27.6. The van der Waals surface area contributed by atoms with E-state index in [0.717, 1.165) is 17.0 Å². The number of nitro benzene ring substituents is 1. The lowest BCUT2D eigenvalue weighted by Gasteiger charge is -2.24. The molecule has 37 heavy (non-hydrogen) atoms. The number of halogens is 1. The number of nitro groups is 1. The van der Waals surface area contributed by atoms with E-state index in [1.54, 1.807) is 25.1 Å². The highest BCUT2D eigenvalue weighted by atomic mass is 35.5. The van der Waals surface area contributed by atoms with Gasteiger partial charge in [-0.2, -0.15) is 0 Å². The first-order chi connectivity index (χ1) is 17.5. The van der Waals surface area contributed by atoms with Gasteiger partial charge in [-0.1, -0.05) is 24.6 Å². The number of methoxy groups -OCH3 is 1. The second kappa shape index (κ2) is 11.8. The summed E-state index contributed by atoms with van der Waals surface area (Å²) in [4.78, 5) is 61.8. The van der Waals surface area contributed by atoms with Gasteiger partial charge >= 0.3 is 5.97 Å². The van der Waals surface area contributed by atoms with Crippen LogP contribution in [0.4, 0.5) is 5.69 Å². The van der Waals surface area contributed by atoms with E-state index in [2.05, 4.69) is 5.32 Å². The van der Waals surface area contributed by atoms with E-state index in [1.807, 2.05) is 0 Å². The normalized spacial score (nSPS) is 16.5. The third-order valence-corrected chi connectivity index (χ3v) is 6.54. The first-order valence-electron chi connectivity index (χ1n) is 11.5. The molecule has 0 saturated carbocycles. The summed E-state index contributed by atoms with van der Waals surface area (Å²) in [5, 5.41) is 23.7. The molecule has 0 aliphatic carbocycles. The van der Waals surface area contributed by atoms with Crippen molar-refractivity contribution in [1.82, 2.24) is 10.2 Å². The van der Waals surface area contributed by atoms with Gasteiger partial charge < -0.3 is 15.2 Å². The van der Waals surface area contributed by atoms with Gasteiger partial charge in [0.15, 0.2) is 0 Å². The first-order valence-corrected chi connectivity index (χ1v) is 11.9. The van der Waals surface area contributed by atoms with Crippen LogP contribution in [0.3, 0.4) is 0 Å². The maximum Gasteiger partial charge on any atom is 0.342 e. The van der Waals surface area contributed by atoms with Gasteiger partial charge in [-0.25, -0.2) is 4.79 Å². The Morgan fingerprint density at radius 3 is 2.62 bits per heavy atom. The Morgan fingerprint density at radius 2 is 2.00 bits per heavy atom. The molecule has 1 saturated heterocycles. The van der Waals surface area contributed by atoms with Crippen molar-refractivity contribution in [2.75, 3.05) is 20.2 Å². The van der Waals surface area contributed by atoms with Crippen molar-refractivity contribution in [2.24, 2.45) is 5.92 Å². The van der Waals surface area contributed by atoms with Gasteiger partial charge in [0.2, 0.25) is 17.7 Å². The molecule has 1 aliphatic rings. The lowest BCUT2D eigenvalue weighted by Crippen LogP contribution is -2.43. The van der Waals surface area contributed by atoms with Crippen molar-refractivity contribution in [3.05, 3.63) is 68.2 Å². The number of aromatic carboxylic acids is 1. The molecule has 196 valence electrons. The van der Waals surface area contributed by atoms with Crippen LogP contribution in [-0.4, -0.2) is 58.8 Å². The number of amides is 3. The van der Waals surface area contributed by atoms with E-state index >= 15 is 0 Å². The minimum Gasteiger partial charge on any atom is -0.496 e. The van der Waals surface area contributed by atoms with Crippen molar-refractivity contribution in [3.8, 4) is 5.75 Å². The second-order valence-corrected chi connectivity index (χ2v) is 9.06. The zero-order valence-electron chi connectivity index (χ0n) is 20.2. The van der Waals surface area contributed by atoms with Gasteiger partial charge in [0.05, 0.1) is 18.0 Å². The smallest absolute Gasteiger partial charge is 0.342 e. The molecule has 3 amide bonds. The van der Waals surface area contributed by atoms with Gasteiger partial charge in [0.25, 0.3) is 5.69 Å².